The van der Waals surface area contributed by atoms with Crippen LogP contribution in [0.25, 0.3) is 6.08 Å². The standard InChI is InChI=1S/C23H14Br2FN3O4S/c24-18-9-14(10-19(25)21(18)33-12-13-1-7-17(8-2-13)29(31)32)11-20-22(30)28-23(34-20)27-16-5-3-15(26)4-6-16/h1-11H,12H2,(H,27,28,30)/b20-11+. The van der Waals surface area contributed by atoms with Crippen molar-refractivity contribution in [1.29, 1.82) is 0 Å². The number of thioether (sulfide) groups is 1. The summed E-state index contributed by atoms with van der Waals surface area (Å²) in [6.45, 7) is 0.219. The smallest absolute Gasteiger partial charge is 0.269 e. The van der Waals surface area contributed by atoms with Crippen molar-refractivity contribution in [2.45, 2.75) is 6.61 Å². The summed E-state index contributed by atoms with van der Waals surface area (Å²) in [5.41, 5.74) is 2.08. The highest BCUT2D eigenvalue weighted by molar-refractivity contribution is 9.11. The molecule has 4 rings (SSSR count). The number of rotatable bonds is 6. The van der Waals surface area contributed by atoms with Gasteiger partial charge in [0.05, 0.1) is 24.5 Å². The molecule has 1 aliphatic rings. The molecule has 0 spiro atoms. The summed E-state index contributed by atoms with van der Waals surface area (Å²) in [5.74, 6) is -0.0804. The van der Waals surface area contributed by atoms with E-state index in [1.54, 1.807) is 18.2 Å². The Labute approximate surface area is 214 Å². The van der Waals surface area contributed by atoms with E-state index in [1.807, 2.05) is 12.1 Å². The maximum absolute atomic E-state index is 13.1. The molecule has 34 heavy (non-hydrogen) atoms. The number of carbonyl (C=O) groups is 1. The van der Waals surface area contributed by atoms with Gasteiger partial charge in [-0.1, -0.05) is 0 Å². The zero-order valence-electron chi connectivity index (χ0n) is 17.1. The summed E-state index contributed by atoms with van der Waals surface area (Å²) < 4.78 is 20.3. The number of nitro benzene ring substituents is 1. The minimum Gasteiger partial charge on any atom is -0.487 e. The van der Waals surface area contributed by atoms with Gasteiger partial charge >= 0.3 is 0 Å². The van der Waals surface area contributed by atoms with E-state index in [4.69, 9.17) is 4.74 Å². The van der Waals surface area contributed by atoms with Gasteiger partial charge in [0.25, 0.3) is 11.6 Å². The van der Waals surface area contributed by atoms with E-state index >= 15 is 0 Å². The third-order valence-corrected chi connectivity index (χ3v) is 6.64. The van der Waals surface area contributed by atoms with E-state index in [0.29, 0.717) is 30.5 Å². The molecule has 1 aliphatic heterocycles. The molecule has 1 fully saturated rings. The Bertz CT molecular complexity index is 1310. The van der Waals surface area contributed by atoms with Crippen LogP contribution in [0.5, 0.6) is 5.75 Å². The second-order valence-electron chi connectivity index (χ2n) is 6.98. The molecule has 11 heteroatoms. The summed E-state index contributed by atoms with van der Waals surface area (Å²) in [6, 6.07) is 15.4. The number of hydrogen-bond acceptors (Lipinski definition) is 6. The lowest BCUT2D eigenvalue weighted by molar-refractivity contribution is -0.384. The van der Waals surface area contributed by atoms with Crippen LogP contribution in [-0.4, -0.2) is 16.0 Å². The highest BCUT2D eigenvalue weighted by Crippen LogP contribution is 2.37. The Kier molecular flexibility index (Phi) is 7.44. The van der Waals surface area contributed by atoms with Gasteiger partial charge in [-0.3, -0.25) is 14.9 Å². The molecular formula is C23H14Br2FN3O4S. The van der Waals surface area contributed by atoms with Gasteiger partial charge in [0.15, 0.2) is 5.17 Å². The number of nitro groups is 1. The van der Waals surface area contributed by atoms with Gasteiger partial charge in [-0.2, -0.15) is 0 Å². The van der Waals surface area contributed by atoms with E-state index in [9.17, 15) is 19.3 Å². The molecule has 0 aromatic heterocycles. The van der Waals surface area contributed by atoms with Crippen LogP contribution in [0.3, 0.4) is 0 Å². The van der Waals surface area contributed by atoms with Crippen molar-refractivity contribution >= 4 is 72.1 Å². The van der Waals surface area contributed by atoms with E-state index in [1.165, 1.54) is 48.2 Å². The Hall–Kier alpha value is -3.02. The highest BCUT2D eigenvalue weighted by atomic mass is 79.9. The second-order valence-corrected chi connectivity index (χ2v) is 9.72. The molecule has 1 N–H and O–H groups in total. The first-order chi connectivity index (χ1) is 16.3. The summed E-state index contributed by atoms with van der Waals surface area (Å²) in [6.07, 6.45) is 1.73. The zero-order valence-corrected chi connectivity index (χ0v) is 21.1. The topological polar surface area (TPSA) is 93.8 Å². The number of nitrogens with one attached hydrogen (secondary N) is 1. The summed E-state index contributed by atoms with van der Waals surface area (Å²) in [4.78, 5) is 27.5. The Morgan fingerprint density at radius 1 is 1.09 bits per heavy atom. The minimum absolute atomic E-state index is 0.0168. The molecule has 3 aromatic rings. The molecular weight excluding hydrogens is 593 g/mol. The minimum atomic E-state index is -0.453. The summed E-state index contributed by atoms with van der Waals surface area (Å²) in [5, 5.41) is 13.9. The zero-order chi connectivity index (χ0) is 24.2. The van der Waals surface area contributed by atoms with Gasteiger partial charge < -0.3 is 10.1 Å². The van der Waals surface area contributed by atoms with Gasteiger partial charge in [-0.25, -0.2) is 9.38 Å². The van der Waals surface area contributed by atoms with Crippen molar-refractivity contribution in [3.63, 3.8) is 0 Å². The lowest BCUT2D eigenvalue weighted by atomic mass is 10.2. The SMILES string of the molecule is O=C1NC(=Nc2ccc(F)cc2)S/C1=C/c1cc(Br)c(OCc2ccc([N+](=O)[O-])cc2)c(Br)c1. The molecule has 1 saturated heterocycles. The van der Waals surface area contributed by atoms with E-state index in [0.717, 1.165) is 11.1 Å². The van der Waals surface area contributed by atoms with Crippen LogP contribution >= 0.6 is 43.6 Å². The number of non-ortho nitro benzene ring substituents is 1. The average molecular weight is 607 g/mol. The molecule has 0 saturated carbocycles. The first-order valence-corrected chi connectivity index (χ1v) is 12.1. The van der Waals surface area contributed by atoms with Gasteiger partial charge in [0, 0.05) is 12.1 Å². The van der Waals surface area contributed by atoms with Crippen LogP contribution in [0.15, 0.2) is 79.5 Å². The van der Waals surface area contributed by atoms with Crippen molar-refractivity contribution < 1.29 is 18.8 Å². The molecule has 1 heterocycles. The fourth-order valence-electron chi connectivity index (χ4n) is 2.93. The van der Waals surface area contributed by atoms with Crippen LogP contribution in [0.2, 0.25) is 0 Å². The number of carbonyl (C=O) groups excluding carboxylic acids is 1. The summed E-state index contributed by atoms with van der Waals surface area (Å²) in [7, 11) is 0. The number of amidine groups is 1. The van der Waals surface area contributed by atoms with E-state index in [2.05, 4.69) is 42.2 Å². The predicted octanol–water partition coefficient (Wildman–Crippen LogP) is 6.73. The van der Waals surface area contributed by atoms with Crippen molar-refractivity contribution in [3.8, 4) is 5.75 Å². The third-order valence-electron chi connectivity index (χ3n) is 4.56. The van der Waals surface area contributed by atoms with Crippen molar-refractivity contribution in [2.75, 3.05) is 0 Å². The van der Waals surface area contributed by atoms with Crippen LogP contribution in [0.4, 0.5) is 15.8 Å². The quantitative estimate of drug-likeness (QED) is 0.191. The van der Waals surface area contributed by atoms with E-state index < -0.39 is 4.92 Å². The fourth-order valence-corrected chi connectivity index (χ4v) is 5.23. The monoisotopic (exact) mass is 605 g/mol. The third kappa shape index (κ3) is 5.91. The normalized spacial score (nSPS) is 15.6. The van der Waals surface area contributed by atoms with Crippen LogP contribution in [-0.2, 0) is 11.4 Å². The number of benzene rings is 3. The first kappa shape index (κ1) is 24.1. The van der Waals surface area contributed by atoms with Crippen LogP contribution in [0, 0.1) is 15.9 Å². The van der Waals surface area contributed by atoms with Gasteiger partial charge in [0.2, 0.25) is 0 Å². The number of ether oxygens (including phenoxy) is 1. The molecule has 0 atom stereocenters. The first-order valence-electron chi connectivity index (χ1n) is 9.69. The molecule has 0 unspecified atom stereocenters. The summed E-state index contributed by atoms with van der Waals surface area (Å²) >= 11 is 8.17. The Balaban J connectivity index is 1.47. The molecule has 7 nitrogen and oxygen atoms in total. The van der Waals surface area contributed by atoms with Crippen LogP contribution in [0.1, 0.15) is 11.1 Å². The molecule has 172 valence electrons. The van der Waals surface area contributed by atoms with Crippen molar-refractivity contribution in [3.05, 3.63) is 102 Å². The maximum atomic E-state index is 13.1. The number of aliphatic imine (C=N–C) groups is 1. The average Bonchev–Trinajstić information content (AvgIpc) is 3.13. The second kappa shape index (κ2) is 10.5. The van der Waals surface area contributed by atoms with Crippen molar-refractivity contribution in [2.24, 2.45) is 4.99 Å². The fraction of sp³-hybridized carbons (Fsp3) is 0.0435. The Morgan fingerprint density at radius 2 is 1.74 bits per heavy atom. The van der Waals surface area contributed by atoms with Gasteiger partial charge in [-0.15, -0.1) is 0 Å². The molecule has 0 aliphatic carbocycles. The number of amides is 1. The largest absolute Gasteiger partial charge is 0.487 e. The van der Waals surface area contributed by atoms with Gasteiger partial charge in [-0.05, 0) is 109 Å². The Morgan fingerprint density at radius 3 is 2.35 bits per heavy atom. The van der Waals surface area contributed by atoms with E-state index in [-0.39, 0.29) is 24.0 Å². The van der Waals surface area contributed by atoms with Crippen LogP contribution < -0.4 is 10.1 Å². The molecule has 0 bridgehead atoms. The molecule has 1 amide bonds. The lowest BCUT2D eigenvalue weighted by Crippen LogP contribution is -2.19. The predicted molar refractivity (Wildman–Crippen MR) is 136 cm³/mol. The lowest BCUT2D eigenvalue weighted by Gasteiger charge is -2.11. The number of hydrogen-bond donors (Lipinski definition) is 1. The highest BCUT2D eigenvalue weighted by Gasteiger charge is 2.24. The van der Waals surface area contributed by atoms with Crippen molar-refractivity contribution in [1.82, 2.24) is 5.32 Å². The number of nitrogens with zero attached hydrogens (tertiary/aromatic N) is 2. The maximum Gasteiger partial charge on any atom is 0.269 e. The van der Waals surface area contributed by atoms with Gasteiger partial charge in [0.1, 0.15) is 18.2 Å². The number of halogens is 3. The molecule has 0 radical (unpaired) electrons. The molecule has 3 aromatic carbocycles.